The molecule has 0 radical (unpaired) electrons. The van der Waals surface area contributed by atoms with Gasteiger partial charge in [-0.2, -0.15) is 0 Å². The molecule has 7 nitrogen and oxygen atoms in total. The van der Waals surface area contributed by atoms with Crippen LogP contribution in [0.5, 0.6) is 5.75 Å². The average molecular weight is 473 g/mol. The second-order valence-corrected chi connectivity index (χ2v) is 8.75. The topological polar surface area (TPSA) is 108 Å². The monoisotopic (exact) mass is 472 g/mol. The predicted octanol–water partition coefficient (Wildman–Crippen LogP) is 2.84. The lowest BCUT2D eigenvalue weighted by Crippen LogP contribution is -2.50. The van der Waals surface area contributed by atoms with E-state index in [1.807, 2.05) is 6.07 Å². The molecule has 33 heavy (non-hydrogen) atoms. The summed E-state index contributed by atoms with van der Waals surface area (Å²) >= 11 is 0. The lowest BCUT2D eigenvalue weighted by atomic mass is 9.99. The van der Waals surface area contributed by atoms with E-state index < -0.39 is 0 Å². The van der Waals surface area contributed by atoms with E-state index in [1.54, 1.807) is 36.4 Å². The molecule has 2 aliphatic heterocycles. The van der Waals surface area contributed by atoms with Crippen molar-refractivity contribution in [3.05, 3.63) is 59.2 Å². The van der Waals surface area contributed by atoms with E-state index in [0.717, 1.165) is 51.0 Å². The zero-order chi connectivity index (χ0) is 22.5. The quantitative estimate of drug-likeness (QED) is 0.498. The van der Waals surface area contributed by atoms with Crippen LogP contribution in [0.3, 0.4) is 0 Å². The molecule has 2 aromatic carbocycles. The van der Waals surface area contributed by atoms with Crippen LogP contribution < -0.4 is 21.3 Å². The minimum Gasteiger partial charge on any atom is -0.507 e. The SMILES string of the molecule is Cl.N[C@@H]1CNCCC[C@H]1NC(=O)c1ccc(C(=O)c2cc(N3CCCCC3)ccc2O)cc1. The molecule has 2 saturated heterocycles. The number of halogens is 1. The van der Waals surface area contributed by atoms with Gasteiger partial charge in [0.2, 0.25) is 0 Å². The molecule has 0 spiro atoms. The highest BCUT2D eigenvalue weighted by Crippen LogP contribution is 2.28. The van der Waals surface area contributed by atoms with Gasteiger partial charge >= 0.3 is 0 Å². The number of amides is 1. The summed E-state index contributed by atoms with van der Waals surface area (Å²) in [5.74, 6) is -0.486. The largest absolute Gasteiger partial charge is 0.507 e. The first-order valence-electron chi connectivity index (χ1n) is 11.5. The molecule has 5 N–H and O–H groups in total. The van der Waals surface area contributed by atoms with E-state index in [0.29, 0.717) is 17.7 Å². The summed E-state index contributed by atoms with van der Waals surface area (Å²) in [6, 6.07) is 11.6. The van der Waals surface area contributed by atoms with E-state index in [9.17, 15) is 14.7 Å². The molecule has 0 aromatic heterocycles. The number of nitrogens with zero attached hydrogens (tertiary/aromatic N) is 1. The van der Waals surface area contributed by atoms with Crippen molar-refractivity contribution < 1.29 is 14.7 Å². The zero-order valence-corrected chi connectivity index (χ0v) is 19.6. The number of phenols is 1. The number of ketones is 1. The third-order valence-corrected chi connectivity index (χ3v) is 6.44. The lowest BCUT2D eigenvalue weighted by Gasteiger charge is -2.29. The highest BCUT2D eigenvalue weighted by atomic mass is 35.5. The molecule has 0 bridgehead atoms. The Kier molecular flexibility index (Phi) is 8.72. The number of benzene rings is 2. The van der Waals surface area contributed by atoms with Crippen LogP contribution in [-0.2, 0) is 0 Å². The Bertz CT molecular complexity index is 961. The number of anilines is 1. The van der Waals surface area contributed by atoms with E-state index in [1.165, 1.54) is 6.42 Å². The minimum absolute atomic E-state index is 0. The van der Waals surface area contributed by atoms with Gasteiger partial charge in [0.05, 0.1) is 5.56 Å². The number of phenolic OH excluding ortho intramolecular Hbond substituents is 1. The second kappa shape index (κ2) is 11.5. The van der Waals surface area contributed by atoms with Crippen molar-refractivity contribution in [2.24, 2.45) is 5.73 Å². The third kappa shape index (κ3) is 6.05. The molecule has 0 aliphatic carbocycles. The van der Waals surface area contributed by atoms with Crippen molar-refractivity contribution in [2.45, 2.75) is 44.2 Å². The summed E-state index contributed by atoms with van der Waals surface area (Å²) in [6.45, 7) is 3.51. The predicted molar refractivity (Wildman–Crippen MR) is 133 cm³/mol. The number of nitrogens with one attached hydrogen (secondary N) is 2. The second-order valence-electron chi connectivity index (χ2n) is 8.75. The van der Waals surface area contributed by atoms with Gasteiger partial charge in [-0.1, -0.05) is 12.1 Å². The minimum atomic E-state index is -0.259. The Morgan fingerprint density at radius 3 is 2.42 bits per heavy atom. The van der Waals surface area contributed by atoms with Crippen LogP contribution in [0, 0.1) is 0 Å². The molecule has 0 unspecified atom stereocenters. The van der Waals surface area contributed by atoms with Gasteiger partial charge in [0.15, 0.2) is 5.78 Å². The maximum absolute atomic E-state index is 13.1. The van der Waals surface area contributed by atoms with Gasteiger partial charge in [-0.15, -0.1) is 12.4 Å². The molecule has 4 rings (SSSR count). The fourth-order valence-electron chi connectivity index (χ4n) is 4.49. The highest BCUT2D eigenvalue weighted by Gasteiger charge is 2.23. The fourth-order valence-corrected chi connectivity index (χ4v) is 4.49. The van der Waals surface area contributed by atoms with Crippen LogP contribution in [0.1, 0.15) is 58.4 Å². The molecule has 8 heteroatoms. The Morgan fingerprint density at radius 1 is 1.00 bits per heavy atom. The van der Waals surface area contributed by atoms with Crippen LogP contribution in [0.2, 0.25) is 0 Å². The standard InChI is InChI=1S/C25H32N4O3.ClH/c26-21-16-27-12-4-5-22(21)28-25(32)18-8-6-17(7-9-18)24(31)20-15-19(10-11-23(20)30)29-13-2-1-3-14-29;/h6-11,15,21-22,27,30H,1-5,12-14,16,26H2,(H,28,32);1H/t21-,22-;/m1./s1. The van der Waals surface area contributed by atoms with Gasteiger partial charge in [0, 0.05) is 48.5 Å². The number of nitrogens with two attached hydrogens (primary N) is 1. The van der Waals surface area contributed by atoms with E-state index in [2.05, 4.69) is 15.5 Å². The lowest BCUT2D eigenvalue weighted by molar-refractivity contribution is 0.0928. The number of rotatable bonds is 5. The number of piperidine rings is 1. The Balaban J connectivity index is 0.00000306. The van der Waals surface area contributed by atoms with Gasteiger partial charge in [0.1, 0.15) is 5.75 Å². The van der Waals surface area contributed by atoms with Crippen LogP contribution >= 0.6 is 12.4 Å². The average Bonchev–Trinajstić information content (AvgIpc) is 3.03. The van der Waals surface area contributed by atoms with Crippen LogP contribution in [0.25, 0.3) is 0 Å². The summed E-state index contributed by atoms with van der Waals surface area (Å²) in [5.41, 5.74) is 8.32. The summed E-state index contributed by atoms with van der Waals surface area (Å²) in [7, 11) is 0. The number of hydrogen-bond acceptors (Lipinski definition) is 6. The first-order chi connectivity index (χ1) is 15.5. The summed E-state index contributed by atoms with van der Waals surface area (Å²) in [6.07, 6.45) is 5.30. The third-order valence-electron chi connectivity index (χ3n) is 6.44. The van der Waals surface area contributed by atoms with Crippen molar-refractivity contribution in [3.8, 4) is 5.75 Å². The van der Waals surface area contributed by atoms with Gasteiger partial charge in [-0.25, -0.2) is 0 Å². The van der Waals surface area contributed by atoms with Gasteiger partial charge in [-0.05, 0) is 69.0 Å². The summed E-state index contributed by atoms with van der Waals surface area (Å²) in [5, 5.41) is 16.6. The molecule has 2 fully saturated rings. The first kappa shape index (κ1) is 25.0. The van der Waals surface area contributed by atoms with Crippen molar-refractivity contribution in [1.29, 1.82) is 0 Å². The number of aromatic hydroxyl groups is 1. The van der Waals surface area contributed by atoms with Crippen LogP contribution in [-0.4, -0.2) is 55.1 Å². The van der Waals surface area contributed by atoms with E-state index in [4.69, 9.17) is 5.73 Å². The molecule has 2 aromatic rings. The van der Waals surface area contributed by atoms with Gasteiger partial charge < -0.3 is 26.4 Å². The van der Waals surface area contributed by atoms with Crippen molar-refractivity contribution in [1.82, 2.24) is 10.6 Å². The Morgan fingerprint density at radius 2 is 1.70 bits per heavy atom. The number of carbonyl (C=O) groups is 2. The molecular formula is C25H33ClN4O3. The number of hydrogen-bond donors (Lipinski definition) is 4. The van der Waals surface area contributed by atoms with E-state index in [-0.39, 0.29) is 47.5 Å². The maximum atomic E-state index is 13.1. The summed E-state index contributed by atoms with van der Waals surface area (Å²) < 4.78 is 0. The van der Waals surface area contributed by atoms with Crippen molar-refractivity contribution >= 4 is 29.8 Å². The van der Waals surface area contributed by atoms with Crippen LogP contribution in [0.4, 0.5) is 5.69 Å². The highest BCUT2D eigenvalue weighted by molar-refractivity contribution is 6.11. The fraction of sp³-hybridized carbons (Fsp3) is 0.440. The summed E-state index contributed by atoms with van der Waals surface area (Å²) in [4.78, 5) is 28.0. The van der Waals surface area contributed by atoms with Gasteiger partial charge in [0.25, 0.3) is 5.91 Å². The van der Waals surface area contributed by atoms with Gasteiger partial charge in [-0.3, -0.25) is 9.59 Å². The van der Waals surface area contributed by atoms with Crippen molar-refractivity contribution in [2.75, 3.05) is 31.1 Å². The maximum Gasteiger partial charge on any atom is 0.251 e. The molecule has 2 aliphatic rings. The first-order valence-corrected chi connectivity index (χ1v) is 11.5. The van der Waals surface area contributed by atoms with Crippen molar-refractivity contribution in [3.63, 3.8) is 0 Å². The molecule has 178 valence electrons. The normalized spacial score (nSPS) is 20.9. The molecule has 2 heterocycles. The van der Waals surface area contributed by atoms with Crippen LogP contribution in [0.15, 0.2) is 42.5 Å². The smallest absolute Gasteiger partial charge is 0.251 e. The zero-order valence-electron chi connectivity index (χ0n) is 18.8. The molecule has 0 saturated carbocycles. The Labute approximate surface area is 201 Å². The molecule has 2 atom stereocenters. The van der Waals surface area contributed by atoms with E-state index >= 15 is 0 Å². The molecule has 1 amide bonds. The number of carbonyl (C=O) groups excluding carboxylic acids is 2. The Hall–Kier alpha value is -2.61. The molecular weight excluding hydrogens is 440 g/mol.